The van der Waals surface area contributed by atoms with Gasteiger partial charge in [-0.3, -0.25) is 0 Å². The molecule has 0 aromatic rings. The molecule has 1 unspecified atom stereocenters. The Balaban J connectivity index is 2.37. The molecule has 0 radical (unpaired) electrons. The second-order valence-electron chi connectivity index (χ2n) is 4.32. The van der Waals surface area contributed by atoms with Gasteiger partial charge in [0, 0.05) is 5.54 Å². The molecule has 1 rings (SSSR count). The van der Waals surface area contributed by atoms with E-state index in [9.17, 15) is 0 Å². The van der Waals surface area contributed by atoms with E-state index in [1.807, 2.05) is 0 Å². The highest BCUT2D eigenvalue weighted by Gasteiger charge is 2.36. The van der Waals surface area contributed by atoms with Gasteiger partial charge in [0.2, 0.25) is 0 Å². The minimum Gasteiger partial charge on any atom is -0.325 e. The molecular formula is C11H23N. The fourth-order valence-corrected chi connectivity index (χ4v) is 2.16. The molecule has 0 spiro atoms. The Labute approximate surface area is 76.7 Å². The van der Waals surface area contributed by atoms with E-state index in [1.54, 1.807) is 0 Å². The molecule has 2 N–H and O–H groups in total. The van der Waals surface area contributed by atoms with Crippen LogP contribution in [-0.4, -0.2) is 5.54 Å². The van der Waals surface area contributed by atoms with Gasteiger partial charge < -0.3 is 5.73 Å². The summed E-state index contributed by atoms with van der Waals surface area (Å²) in [5.41, 5.74) is 6.58. The lowest BCUT2D eigenvalue weighted by molar-refractivity contribution is 0.148. The highest BCUT2D eigenvalue weighted by atomic mass is 14.8. The second kappa shape index (κ2) is 4.27. The summed E-state index contributed by atoms with van der Waals surface area (Å²) in [6.45, 7) is 4.49. The van der Waals surface area contributed by atoms with E-state index in [0.29, 0.717) is 0 Å². The van der Waals surface area contributed by atoms with Crippen molar-refractivity contribution in [2.45, 2.75) is 64.3 Å². The van der Waals surface area contributed by atoms with Gasteiger partial charge in [-0.1, -0.05) is 33.1 Å². The molecule has 1 aliphatic carbocycles. The highest BCUT2D eigenvalue weighted by Crippen LogP contribution is 2.39. The fraction of sp³-hybridized carbons (Fsp3) is 1.00. The minimum atomic E-state index is 0.189. The van der Waals surface area contributed by atoms with Gasteiger partial charge in [0.1, 0.15) is 0 Å². The largest absolute Gasteiger partial charge is 0.325 e. The zero-order chi connectivity index (χ0) is 9.03. The minimum absolute atomic E-state index is 0.189. The normalized spacial score (nSPS) is 23.2. The van der Waals surface area contributed by atoms with Gasteiger partial charge >= 0.3 is 0 Å². The number of rotatable bonds is 5. The van der Waals surface area contributed by atoms with Gasteiger partial charge in [0.15, 0.2) is 0 Å². The maximum atomic E-state index is 6.39. The molecule has 72 valence electrons. The zero-order valence-electron chi connectivity index (χ0n) is 8.60. The Bertz CT molecular complexity index is 129. The van der Waals surface area contributed by atoms with Crippen molar-refractivity contribution in [3.05, 3.63) is 0 Å². The average Bonchev–Trinajstić information content (AvgIpc) is 1.98. The summed E-state index contributed by atoms with van der Waals surface area (Å²) in [4.78, 5) is 0. The highest BCUT2D eigenvalue weighted by molar-refractivity contribution is 4.93. The molecule has 1 nitrogen and oxygen atoms in total. The lowest BCUT2D eigenvalue weighted by Gasteiger charge is -2.42. The van der Waals surface area contributed by atoms with Crippen LogP contribution in [0, 0.1) is 5.92 Å². The topological polar surface area (TPSA) is 26.0 Å². The van der Waals surface area contributed by atoms with Crippen LogP contribution in [-0.2, 0) is 0 Å². The van der Waals surface area contributed by atoms with Gasteiger partial charge in [0.05, 0.1) is 0 Å². The van der Waals surface area contributed by atoms with E-state index in [-0.39, 0.29) is 5.54 Å². The molecule has 1 fully saturated rings. The lowest BCUT2D eigenvalue weighted by atomic mass is 9.68. The first-order valence-corrected chi connectivity index (χ1v) is 5.52. The van der Waals surface area contributed by atoms with Gasteiger partial charge in [-0.05, 0) is 31.6 Å². The standard InChI is InChI=1S/C11H23N/c1-3-5-9-11(12,4-2)10-7-6-8-10/h10H,3-9,12H2,1-2H3. The summed E-state index contributed by atoms with van der Waals surface area (Å²) in [5, 5.41) is 0. The third-order valence-corrected chi connectivity index (χ3v) is 3.57. The van der Waals surface area contributed by atoms with Crippen LogP contribution >= 0.6 is 0 Å². The van der Waals surface area contributed by atoms with Crippen molar-refractivity contribution in [2.75, 3.05) is 0 Å². The van der Waals surface area contributed by atoms with E-state index in [4.69, 9.17) is 5.73 Å². The van der Waals surface area contributed by atoms with Crippen LogP contribution in [0.3, 0.4) is 0 Å². The van der Waals surface area contributed by atoms with Crippen LogP contribution in [0.25, 0.3) is 0 Å². The SMILES string of the molecule is CCCCC(N)(CC)C1CCC1. The number of hydrogen-bond donors (Lipinski definition) is 1. The van der Waals surface area contributed by atoms with Gasteiger partial charge in [-0.25, -0.2) is 0 Å². The first-order chi connectivity index (χ1) is 5.73. The van der Waals surface area contributed by atoms with Crippen molar-refractivity contribution in [3.63, 3.8) is 0 Å². The molecule has 1 atom stereocenters. The molecule has 1 heteroatoms. The first-order valence-electron chi connectivity index (χ1n) is 5.52. The Morgan fingerprint density at radius 2 is 2.00 bits per heavy atom. The van der Waals surface area contributed by atoms with Gasteiger partial charge in [-0.2, -0.15) is 0 Å². The van der Waals surface area contributed by atoms with Crippen molar-refractivity contribution in [3.8, 4) is 0 Å². The van der Waals surface area contributed by atoms with Crippen molar-refractivity contribution < 1.29 is 0 Å². The van der Waals surface area contributed by atoms with E-state index < -0.39 is 0 Å². The Hall–Kier alpha value is -0.0400. The molecule has 1 saturated carbocycles. The van der Waals surface area contributed by atoms with Crippen LogP contribution < -0.4 is 5.73 Å². The van der Waals surface area contributed by atoms with Crippen LogP contribution in [0.5, 0.6) is 0 Å². The van der Waals surface area contributed by atoms with Crippen LogP contribution in [0.4, 0.5) is 0 Å². The van der Waals surface area contributed by atoms with Crippen molar-refractivity contribution in [1.82, 2.24) is 0 Å². The molecule has 1 aliphatic rings. The summed E-state index contributed by atoms with van der Waals surface area (Å²) in [7, 11) is 0. The van der Waals surface area contributed by atoms with Crippen molar-refractivity contribution in [2.24, 2.45) is 11.7 Å². The number of nitrogens with two attached hydrogens (primary N) is 1. The third kappa shape index (κ3) is 2.01. The predicted octanol–water partition coefficient (Wildman–Crippen LogP) is 3.08. The average molecular weight is 169 g/mol. The maximum Gasteiger partial charge on any atom is 0.0180 e. The zero-order valence-corrected chi connectivity index (χ0v) is 8.60. The molecule has 0 aromatic heterocycles. The molecule has 12 heavy (non-hydrogen) atoms. The summed E-state index contributed by atoms with van der Waals surface area (Å²) in [6.07, 6.45) is 9.17. The first kappa shape index (κ1) is 10.0. The molecule has 0 aromatic carbocycles. The third-order valence-electron chi connectivity index (χ3n) is 3.57. The summed E-state index contributed by atoms with van der Waals surface area (Å²) in [5.74, 6) is 0.842. The molecular weight excluding hydrogens is 146 g/mol. The molecule has 0 saturated heterocycles. The van der Waals surface area contributed by atoms with Crippen LogP contribution in [0.15, 0.2) is 0 Å². The number of unbranched alkanes of at least 4 members (excludes halogenated alkanes) is 1. The lowest BCUT2D eigenvalue weighted by Crippen LogP contribution is -2.49. The Morgan fingerprint density at radius 3 is 2.33 bits per heavy atom. The predicted molar refractivity (Wildman–Crippen MR) is 54.1 cm³/mol. The summed E-state index contributed by atoms with van der Waals surface area (Å²) in [6, 6.07) is 0. The fourth-order valence-electron chi connectivity index (χ4n) is 2.16. The van der Waals surface area contributed by atoms with E-state index in [0.717, 1.165) is 12.3 Å². The van der Waals surface area contributed by atoms with Gasteiger partial charge in [-0.15, -0.1) is 0 Å². The second-order valence-corrected chi connectivity index (χ2v) is 4.32. The molecule has 0 amide bonds. The Kier molecular flexibility index (Phi) is 3.57. The molecule has 0 heterocycles. The van der Waals surface area contributed by atoms with E-state index in [1.165, 1.54) is 38.5 Å². The molecule has 0 bridgehead atoms. The monoisotopic (exact) mass is 169 g/mol. The molecule has 0 aliphatic heterocycles. The van der Waals surface area contributed by atoms with E-state index in [2.05, 4.69) is 13.8 Å². The quantitative estimate of drug-likeness (QED) is 0.672. The Morgan fingerprint density at radius 1 is 1.33 bits per heavy atom. The summed E-state index contributed by atoms with van der Waals surface area (Å²) < 4.78 is 0. The smallest absolute Gasteiger partial charge is 0.0180 e. The maximum absolute atomic E-state index is 6.39. The van der Waals surface area contributed by atoms with Crippen molar-refractivity contribution >= 4 is 0 Å². The number of hydrogen-bond acceptors (Lipinski definition) is 1. The van der Waals surface area contributed by atoms with E-state index >= 15 is 0 Å². The van der Waals surface area contributed by atoms with Gasteiger partial charge in [0.25, 0.3) is 0 Å². The van der Waals surface area contributed by atoms with Crippen LogP contribution in [0.2, 0.25) is 0 Å². The van der Waals surface area contributed by atoms with Crippen molar-refractivity contribution in [1.29, 1.82) is 0 Å². The summed E-state index contributed by atoms with van der Waals surface area (Å²) >= 11 is 0. The van der Waals surface area contributed by atoms with Crippen LogP contribution in [0.1, 0.15) is 58.8 Å².